The molecular weight excluding hydrogens is 322 g/mol. The van der Waals surface area contributed by atoms with E-state index >= 15 is 0 Å². The third-order valence-corrected chi connectivity index (χ3v) is 4.38. The van der Waals surface area contributed by atoms with Crippen LogP contribution in [0.2, 0.25) is 0 Å². The predicted molar refractivity (Wildman–Crippen MR) is 104 cm³/mol. The van der Waals surface area contributed by atoms with Gasteiger partial charge in [-0.1, -0.05) is 67.6 Å². The fourth-order valence-electron chi connectivity index (χ4n) is 2.93. The molecule has 132 valence electrons. The van der Waals surface area contributed by atoms with Crippen LogP contribution in [-0.4, -0.2) is 22.4 Å². The Morgan fingerprint density at radius 1 is 0.962 bits per heavy atom. The summed E-state index contributed by atoms with van der Waals surface area (Å²) >= 11 is 0. The zero-order valence-electron chi connectivity index (χ0n) is 14.9. The highest BCUT2D eigenvalue weighted by Crippen LogP contribution is 2.19. The maximum Gasteiger partial charge on any atom is 0.227 e. The Morgan fingerprint density at radius 3 is 2.19 bits per heavy atom. The summed E-state index contributed by atoms with van der Waals surface area (Å²) in [5, 5.41) is 3.03. The lowest BCUT2D eigenvalue weighted by Gasteiger charge is -2.15. The van der Waals surface area contributed by atoms with Crippen LogP contribution in [-0.2, 0) is 11.2 Å². The first kappa shape index (κ1) is 17.8. The number of aromatic nitrogens is 2. The van der Waals surface area contributed by atoms with E-state index in [0.717, 1.165) is 23.1 Å². The molecule has 1 heterocycles. The molecule has 2 aromatic carbocycles. The van der Waals surface area contributed by atoms with E-state index in [4.69, 9.17) is 0 Å². The third-order valence-electron chi connectivity index (χ3n) is 4.38. The molecule has 3 aromatic rings. The molecule has 3 rings (SSSR count). The van der Waals surface area contributed by atoms with Crippen molar-refractivity contribution in [1.29, 1.82) is 0 Å². The average Bonchev–Trinajstić information content (AvgIpc) is 2.71. The van der Waals surface area contributed by atoms with Crippen molar-refractivity contribution in [2.45, 2.75) is 25.7 Å². The second-order valence-corrected chi connectivity index (χ2v) is 6.19. The summed E-state index contributed by atoms with van der Waals surface area (Å²) in [6.45, 7) is 2.61. The molecule has 26 heavy (non-hydrogen) atoms. The summed E-state index contributed by atoms with van der Waals surface area (Å²) in [7, 11) is 0. The first-order valence-corrected chi connectivity index (χ1v) is 8.97. The number of carbonyl (C=O) groups is 1. The van der Waals surface area contributed by atoms with Crippen molar-refractivity contribution in [2.24, 2.45) is 0 Å². The molecular formula is C22H23N3O. The van der Waals surface area contributed by atoms with E-state index < -0.39 is 0 Å². The molecule has 1 amide bonds. The minimum Gasteiger partial charge on any atom is -0.355 e. The fourth-order valence-corrected chi connectivity index (χ4v) is 2.93. The molecule has 0 spiro atoms. The fraction of sp³-hybridized carbons (Fsp3) is 0.227. The Kier molecular flexibility index (Phi) is 6.09. The Balaban J connectivity index is 1.53. The summed E-state index contributed by atoms with van der Waals surface area (Å²) < 4.78 is 0. The number of hydrogen-bond donors (Lipinski definition) is 1. The van der Waals surface area contributed by atoms with Crippen molar-refractivity contribution in [2.75, 3.05) is 6.54 Å². The van der Waals surface area contributed by atoms with Gasteiger partial charge in [-0.2, -0.15) is 0 Å². The van der Waals surface area contributed by atoms with Crippen molar-refractivity contribution in [3.05, 3.63) is 84.2 Å². The number of nitrogens with zero attached hydrogens (tertiary/aromatic N) is 2. The lowest BCUT2D eigenvalue weighted by Crippen LogP contribution is -2.30. The van der Waals surface area contributed by atoms with E-state index in [0.29, 0.717) is 18.8 Å². The van der Waals surface area contributed by atoms with Gasteiger partial charge in [0.15, 0.2) is 5.82 Å². The van der Waals surface area contributed by atoms with E-state index in [-0.39, 0.29) is 11.8 Å². The number of carbonyl (C=O) groups excluding carboxylic acids is 1. The van der Waals surface area contributed by atoms with Crippen molar-refractivity contribution < 1.29 is 4.79 Å². The molecule has 1 aromatic heterocycles. The Hall–Kier alpha value is -3.01. The SMILES string of the molecule is CC[C@H](C(=O)NCCc1cnc(-c2ccccc2)nc1)c1ccccc1. The number of nitrogens with one attached hydrogen (secondary N) is 1. The van der Waals surface area contributed by atoms with Crippen LogP contribution in [0, 0.1) is 0 Å². The summed E-state index contributed by atoms with van der Waals surface area (Å²) in [6, 6.07) is 19.8. The normalized spacial score (nSPS) is 11.7. The quantitative estimate of drug-likeness (QED) is 0.704. The second-order valence-electron chi connectivity index (χ2n) is 6.19. The van der Waals surface area contributed by atoms with Crippen LogP contribution in [0.3, 0.4) is 0 Å². The second kappa shape index (κ2) is 8.90. The molecule has 1 N–H and O–H groups in total. The highest BCUT2D eigenvalue weighted by Gasteiger charge is 2.17. The maximum absolute atomic E-state index is 12.5. The van der Waals surface area contributed by atoms with E-state index in [1.807, 2.05) is 80.0 Å². The number of hydrogen-bond acceptors (Lipinski definition) is 3. The van der Waals surface area contributed by atoms with Crippen molar-refractivity contribution >= 4 is 5.91 Å². The van der Waals surface area contributed by atoms with Crippen LogP contribution in [0.4, 0.5) is 0 Å². The van der Waals surface area contributed by atoms with Crippen LogP contribution in [0.1, 0.15) is 30.4 Å². The number of benzene rings is 2. The summed E-state index contributed by atoms with van der Waals surface area (Å²) in [5.74, 6) is 0.682. The van der Waals surface area contributed by atoms with Gasteiger partial charge in [-0.05, 0) is 24.0 Å². The van der Waals surface area contributed by atoms with Crippen molar-refractivity contribution in [1.82, 2.24) is 15.3 Å². The lowest BCUT2D eigenvalue weighted by atomic mass is 9.95. The predicted octanol–water partition coefficient (Wildman–Crippen LogP) is 4.00. The summed E-state index contributed by atoms with van der Waals surface area (Å²) in [5.41, 5.74) is 3.07. The minimum absolute atomic E-state index is 0.0699. The summed E-state index contributed by atoms with van der Waals surface area (Å²) in [6.07, 6.45) is 5.16. The molecule has 4 heteroatoms. The molecule has 1 atom stereocenters. The minimum atomic E-state index is -0.104. The van der Waals surface area contributed by atoms with Crippen LogP contribution < -0.4 is 5.32 Å². The van der Waals surface area contributed by atoms with Gasteiger partial charge in [0.25, 0.3) is 0 Å². The molecule has 0 fully saturated rings. The Labute approximate surface area is 154 Å². The van der Waals surface area contributed by atoms with Gasteiger partial charge in [-0.15, -0.1) is 0 Å². The van der Waals surface area contributed by atoms with Gasteiger partial charge in [0.2, 0.25) is 5.91 Å². The standard InChI is InChI=1S/C22H23N3O/c1-2-20(18-9-5-3-6-10-18)22(26)23-14-13-17-15-24-21(25-16-17)19-11-7-4-8-12-19/h3-12,15-16,20H,2,13-14H2,1H3,(H,23,26)/t20-/m0/s1. The lowest BCUT2D eigenvalue weighted by molar-refractivity contribution is -0.122. The average molecular weight is 345 g/mol. The van der Waals surface area contributed by atoms with E-state index in [9.17, 15) is 4.79 Å². The van der Waals surface area contributed by atoms with Crippen molar-refractivity contribution in [3.63, 3.8) is 0 Å². The molecule has 0 aliphatic carbocycles. The van der Waals surface area contributed by atoms with Gasteiger partial charge in [0.1, 0.15) is 0 Å². The molecule has 0 radical (unpaired) electrons. The zero-order chi connectivity index (χ0) is 18.2. The zero-order valence-corrected chi connectivity index (χ0v) is 14.9. The van der Waals surface area contributed by atoms with Crippen LogP contribution >= 0.6 is 0 Å². The Bertz CT molecular complexity index is 817. The molecule has 4 nitrogen and oxygen atoms in total. The highest BCUT2D eigenvalue weighted by molar-refractivity contribution is 5.83. The van der Waals surface area contributed by atoms with Gasteiger partial charge >= 0.3 is 0 Å². The third kappa shape index (κ3) is 4.54. The molecule has 0 saturated heterocycles. The molecule has 0 saturated carbocycles. The maximum atomic E-state index is 12.5. The molecule has 0 aliphatic rings. The van der Waals surface area contributed by atoms with Crippen LogP contribution in [0.15, 0.2) is 73.1 Å². The summed E-state index contributed by atoms with van der Waals surface area (Å²) in [4.78, 5) is 21.3. The van der Waals surface area contributed by atoms with Gasteiger partial charge in [0, 0.05) is 24.5 Å². The largest absolute Gasteiger partial charge is 0.355 e. The van der Waals surface area contributed by atoms with Gasteiger partial charge < -0.3 is 5.32 Å². The molecule has 0 aliphatic heterocycles. The molecule has 0 unspecified atom stereocenters. The van der Waals surface area contributed by atoms with Gasteiger partial charge in [-0.3, -0.25) is 4.79 Å². The first-order chi connectivity index (χ1) is 12.8. The topological polar surface area (TPSA) is 54.9 Å². The smallest absolute Gasteiger partial charge is 0.227 e. The first-order valence-electron chi connectivity index (χ1n) is 8.97. The monoisotopic (exact) mass is 345 g/mol. The van der Waals surface area contributed by atoms with E-state index in [2.05, 4.69) is 15.3 Å². The highest BCUT2D eigenvalue weighted by atomic mass is 16.1. The van der Waals surface area contributed by atoms with Crippen molar-refractivity contribution in [3.8, 4) is 11.4 Å². The number of rotatable bonds is 7. The van der Waals surface area contributed by atoms with Gasteiger partial charge in [0.05, 0.1) is 5.92 Å². The Morgan fingerprint density at radius 2 is 1.58 bits per heavy atom. The van der Waals surface area contributed by atoms with E-state index in [1.165, 1.54) is 0 Å². The molecule has 0 bridgehead atoms. The van der Waals surface area contributed by atoms with E-state index in [1.54, 1.807) is 0 Å². The van der Waals surface area contributed by atoms with Gasteiger partial charge in [-0.25, -0.2) is 9.97 Å². The van der Waals surface area contributed by atoms with Crippen LogP contribution in [0.25, 0.3) is 11.4 Å². The van der Waals surface area contributed by atoms with Crippen LogP contribution in [0.5, 0.6) is 0 Å². The number of amides is 1.